The zero-order valence-electron chi connectivity index (χ0n) is 12.6. The van der Waals surface area contributed by atoms with Crippen molar-refractivity contribution in [3.63, 3.8) is 0 Å². The number of nitrogens with one attached hydrogen (secondary N) is 1. The summed E-state index contributed by atoms with van der Waals surface area (Å²) in [4.78, 5) is 2.47. The number of nitrogens with zero attached hydrogens (tertiary/aromatic N) is 1. The highest BCUT2D eigenvalue weighted by molar-refractivity contribution is 5.51. The van der Waals surface area contributed by atoms with Gasteiger partial charge in [0.2, 0.25) is 0 Å². The maximum Gasteiger partial charge on any atom is 0.127 e. The van der Waals surface area contributed by atoms with Crippen LogP contribution in [0.15, 0.2) is 54.6 Å². The van der Waals surface area contributed by atoms with Crippen molar-refractivity contribution < 1.29 is 4.74 Å². The van der Waals surface area contributed by atoms with Gasteiger partial charge in [-0.25, -0.2) is 0 Å². The van der Waals surface area contributed by atoms with Crippen molar-refractivity contribution in [3.8, 4) is 11.5 Å². The van der Waals surface area contributed by atoms with Gasteiger partial charge < -0.3 is 15.0 Å². The van der Waals surface area contributed by atoms with Gasteiger partial charge >= 0.3 is 0 Å². The number of para-hydroxylation sites is 1. The molecule has 2 atom stereocenters. The Balaban J connectivity index is 1.74. The molecule has 2 unspecified atom stereocenters. The van der Waals surface area contributed by atoms with Crippen LogP contribution in [0.1, 0.15) is 13.8 Å². The van der Waals surface area contributed by atoms with E-state index in [4.69, 9.17) is 4.74 Å². The minimum Gasteiger partial charge on any atom is -0.457 e. The standard InChI is InChI=1S/C18H22N2O/c1-14-12-19-13-15(2)20(14)16-8-10-18(11-9-16)21-17-6-4-3-5-7-17/h3-11,14-15,19H,12-13H2,1-2H3. The minimum atomic E-state index is 0.509. The summed E-state index contributed by atoms with van der Waals surface area (Å²) in [5.74, 6) is 1.74. The fraction of sp³-hybridized carbons (Fsp3) is 0.333. The van der Waals surface area contributed by atoms with Gasteiger partial charge in [-0.05, 0) is 50.2 Å². The Bertz CT molecular complexity index is 558. The Hall–Kier alpha value is -2.00. The molecule has 0 amide bonds. The summed E-state index contributed by atoms with van der Waals surface area (Å²) in [6.07, 6.45) is 0. The second-order valence-corrected chi connectivity index (χ2v) is 5.67. The topological polar surface area (TPSA) is 24.5 Å². The summed E-state index contributed by atoms with van der Waals surface area (Å²) in [6.45, 7) is 6.59. The van der Waals surface area contributed by atoms with Crippen LogP contribution in [0.4, 0.5) is 5.69 Å². The van der Waals surface area contributed by atoms with Gasteiger partial charge in [-0.1, -0.05) is 18.2 Å². The molecule has 110 valence electrons. The summed E-state index contributed by atoms with van der Waals surface area (Å²) < 4.78 is 5.84. The van der Waals surface area contributed by atoms with Crippen LogP contribution in [0.3, 0.4) is 0 Å². The van der Waals surface area contributed by atoms with Crippen LogP contribution in [0.5, 0.6) is 11.5 Å². The van der Waals surface area contributed by atoms with Gasteiger partial charge in [0, 0.05) is 30.9 Å². The van der Waals surface area contributed by atoms with Crippen LogP contribution in [-0.2, 0) is 0 Å². The predicted molar refractivity (Wildman–Crippen MR) is 87.2 cm³/mol. The molecule has 0 spiro atoms. The molecular weight excluding hydrogens is 260 g/mol. The molecule has 1 aliphatic heterocycles. The number of ether oxygens (including phenoxy) is 1. The maximum absolute atomic E-state index is 5.84. The lowest BCUT2D eigenvalue weighted by molar-refractivity contribution is 0.431. The molecule has 1 fully saturated rings. The molecule has 0 bridgehead atoms. The number of hydrogen-bond donors (Lipinski definition) is 1. The van der Waals surface area contributed by atoms with Gasteiger partial charge in [0.15, 0.2) is 0 Å². The van der Waals surface area contributed by atoms with Crippen molar-refractivity contribution in [2.45, 2.75) is 25.9 Å². The van der Waals surface area contributed by atoms with Gasteiger partial charge in [-0.3, -0.25) is 0 Å². The number of anilines is 1. The van der Waals surface area contributed by atoms with Crippen molar-refractivity contribution >= 4 is 5.69 Å². The molecule has 0 saturated carbocycles. The van der Waals surface area contributed by atoms with Crippen LogP contribution >= 0.6 is 0 Å². The lowest BCUT2D eigenvalue weighted by Crippen LogP contribution is -2.55. The fourth-order valence-corrected chi connectivity index (χ4v) is 2.95. The molecule has 3 nitrogen and oxygen atoms in total. The highest BCUT2D eigenvalue weighted by Gasteiger charge is 2.24. The monoisotopic (exact) mass is 282 g/mol. The average Bonchev–Trinajstić information content (AvgIpc) is 2.50. The van der Waals surface area contributed by atoms with Crippen LogP contribution in [0.2, 0.25) is 0 Å². The van der Waals surface area contributed by atoms with Crippen LogP contribution in [0.25, 0.3) is 0 Å². The first-order valence-corrected chi connectivity index (χ1v) is 7.56. The predicted octanol–water partition coefficient (Wildman–Crippen LogP) is 3.67. The molecule has 1 aliphatic rings. The first-order valence-electron chi connectivity index (χ1n) is 7.56. The summed E-state index contributed by atoms with van der Waals surface area (Å²) >= 11 is 0. The highest BCUT2D eigenvalue weighted by atomic mass is 16.5. The number of rotatable bonds is 3. The molecule has 0 radical (unpaired) electrons. The molecule has 21 heavy (non-hydrogen) atoms. The van der Waals surface area contributed by atoms with Crippen LogP contribution < -0.4 is 15.0 Å². The number of piperazine rings is 1. The molecule has 2 aromatic rings. The molecule has 3 rings (SSSR count). The molecule has 0 aliphatic carbocycles. The van der Waals surface area contributed by atoms with E-state index in [1.807, 2.05) is 42.5 Å². The zero-order valence-corrected chi connectivity index (χ0v) is 12.6. The Morgan fingerprint density at radius 1 is 0.857 bits per heavy atom. The van der Waals surface area contributed by atoms with E-state index in [2.05, 4.69) is 36.2 Å². The SMILES string of the molecule is CC1CNCC(C)N1c1ccc(Oc2ccccc2)cc1. The van der Waals surface area contributed by atoms with Gasteiger partial charge in [0.05, 0.1) is 0 Å². The summed E-state index contributed by atoms with van der Waals surface area (Å²) in [5, 5.41) is 3.46. The quantitative estimate of drug-likeness (QED) is 0.929. The van der Waals surface area contributed by atoms with E-state index in [-0.39, 0.29) is 0 Å². The van der Waals surface area contributed by atoms with E-state index >= 15 is 0 Å². The smallest absolute Gasteiger partial charge is 0.127 e. The van der Waals surface area contributed by atoms with E-state index in [1.165, 1.54) is 5.69 Å². The van der Waals surface area contributed by atoms with Crippen molar-refractivity contribution in [1.82, 2.24) is 5.32 Å². The second kappa shape index (κ2) is 6.19. The van der Waals surface area contributed by atoms with Crippen molar-refractivity contribution in [2.24, 2.45) is 0 Å². The molecule has 1 heterocycles. The molecule has 0 aromatic heterocycles. The lowest BCUT2D eigenvalue weighted by Gasteiger charge is -2.41. The Kier molecular flexibility index (Phi) is 4.11. The molecule has 2 aromatic carbocycles. The summed E-state index contributed by atoms with van der Waals surface area (Å²) in [6, 6.07) is 19.3. The largest absolute Gasteiger partial charge is 0.457 e. The Labute approximate surface area is 126 Å². The van der Waals surface area contributed by atoms with E-state index in [0.29, 0.717) is 12.1 Å². The average molecular weight is 282 g/mol. The summed E-state index contributed by atoms with van der Waals surface area (Å²) in [5.41, 5.74) is 1.26. The second-order valence-electron chi connectivity index (χ2n) is 5.67. The van der Waals surface area contributed by atoms with Crippen LogP contribution in [-0.4, -0.2) is 25.2 Å². The van der Waals surface area contributed by atoms with Gasteiger partial charge in [0.25, 0.3) is 0 Å². The van der Waals surface area contributed by atoms with Crippen molar-refractivity contribution in [3.05, 3.63) is 54.6 Å². The third-order valence-electron chi connectivity index (χ3n) is 3.94. The third-order valence-corrected chi connectivity index (χ3v) is 3.94. The van der Waals surface area contributed by atoms with Crippen LogP contribution in [0, 0.1) is 0 Å². The lowest BCUT2D eigenvalue weighted by atomic mass is 10.1. The maximum atomic E-state index is 5.84. The molecule has 1 N–H and O–H groups in total. The van der Waals surface area contributed by atoms with E-state index in [1.54, 1.807) is 0 Å². The zero-order chi connectivity index (χ0) is 14.7. The normalized spacial score (nSPS) is 22.1. The van der Waals surface area contributed by atoms with Gasteiger partial charge in [-0.15, -0.1) is 0 Å². The molecule has 1 saturated heterocycles. The Morgan fingerprint density at radius 2 is 1.43 bits per heavy atom. The first kappa shape index (κ1) is 14.0. The van der Waals surface area contributed by atoms with E-state index in [0.717, 1.165) is 24.6 Å². The third kappa shape index (κ3) is 3.19. The molecular formula is C18H22N2O. The van der Waals surface area contributed by atoms with Crippen molar-refractivity contribution in [2.75, 3.05) is 18.0 Å². The van der Waals surface area contributed by atoms with E-state index < -0.39 is 0 Å². The van der Waals surface area contributed by atoms with Gasteiger partial charge in [-0.2, -0.15) is 0 Å². The number of hydrogen-bond acceptors (Lipinski definition) is 3. The molecule has 3 heteroatoms. The fourth-order valence-electron chi connectivity index (χ4n) is 2.95. The Morgan fingerprint density at radius 3 is 2.05 bits per heavy atom. The number of benzene rings is 2. The summed E-state index contributed by atoms with van der Waals surface area (Å²) in [7, 11) is 0. The van der Waals surface area contributed by atoms with E-state index in [9.17, 15) is 0 Å². The first-order chi connectivity index (χ1) is 10.2. The highest BCUT2D eigenvalue weighted by Crippen LogP contribution is 2.27. The van der Waals surface area contributed by atoms with Gasteiger partial charge in [0.1, 0.15) is 11.5 Å². The minimum absolute atomic E-state index is 0.509. The van der Waals surface area contributed by atoms with Crippen molar-refractivity contribution in [1.29, 1.82) is 0 Å².